The molecule has 1 heterocycles. The lowest BCUT2D eigenvalue weighted by Crippen LogP contribution is -2.43. The Hall–Kier alpha value is -1.49. The van der Waals surface area contributed by atoms with Crippen LogP contribution < -0.4 is 16.0 Å². The zero-order valence-corrected chi connectivity index (χ0v) is 15.8. The molecule has 2 rings (SSSR count). The van der Waals surface area contributed by atoms with Gasteiger partial charge in [-0.05, 0) is 25.1 Å². The molecule has 1 aromatic rings. The van der Waals surface area contributed by atoms with Crippen molar-refractivity contribution >= 4 is 39.5 Å². The fourth-order valence-electron chi connectivity index (χ4n) is 2.43. The summed E-state index contributed by atoms with van der Waals surface area (Å²) >= 11 is 0. The highest BCUT2D eigenvalue weighted by molar-refractivity contribution is 7.91. The Morgan fingerprint density at radius 3 is 2.69 bits per heavy atom. The summed E-state index contributed by atoms with van der Waals surface area (Å²) in [6.07, 6.45) is 0.122. The van der Waals surface area contributed by atoms with Gasteiger partial charge in [0.05, 0.1) is 29.5 Å². The Balaban J connectivity index is 0.00000338. The van der Waals surface area contributed by atoms with Crippen molar-refractivity contribution < 1.29 is 26.7 Å². The van der Waals surface area contributed by atoms with Crippen LogP contribution in [0.2, 0.25) is 0 Å². The predicted molar refractivity (Wildman–Crippen MR) is 96.9 cm³/mol. The number of benzene rings is 1. The molecule has 148 valence electrons. The van der Waals surface area contributed by atoms with Gasteiger partial charge in [0, 0.05) is 25.6 Å². The first-order chi connectivity index (χ1) is 11.8. The van der Waals surface area contributed by atoms with Crippen molar-refractivity contribution in [1.29, 1.82) is 0 Å². The van der Waals surface area contributed by atoms with Gasteiger partial charge in [-0.15, -0.1) is 12.4 Å². The van der Waals surface area contributed by atoms with Gasteiger partial charge in [-0.2, -0.15) is 8.78 Å². The van der Waals surface area contributed by atoms with Gasteiger partial charge >= 0.3 is 5.76 Å². The number of ether oxygens (including phenoxy) is 1. The van der Waals surface area contributed by atoms with Gasteiger partial charge in [-0.1, -0.05) is 0 Å². The molecule has 0 saturated carbocycles. The first-order valence-electron chi connectivity index (χ1n) is 7.85. The van der Waals surface area contributed by atoms with E-state index in [0.717, 1.165) is 12.1 Å². The molecule has 0 radical (unpaired) electrons. The van der Waals surface area contributed by atoms with Crippen LogP contribution in [0.15, 0.2) is 23.1 Å². The third-order valence-electron chi connectivity index (χ3n) is 3.63. The first-order valence-corrected chi connectivity index (χ1v) is 9.40. The molecule has 1 atom stereocenters. The van der Waals surface area contributed by atoms with Crippen LogP contribution in [-0.4, -0.2) is 52.4 Å². The maximum atomic E-state index is 12.7. The van der Waals surface area contributed by atoms with Gasteiger partial charge in [0.25, 0.3) is 0 Å². The van der Waals surface area contributed by atoms with E-state index >= 15 is 0 Å². The molecule has 1 fully saturated rings. The van der Waals surface area contributed by atoms with E-state index in [0.29, 0.717) is 32.0 Å². The molecule has 1 amide bonds. The molecule has 7 nitrogen and oxygen atoms in total. The van der Waals surface area contributed by atoms with Gasteiger partial charge in [0.2, 0.25) is 15.7 Å². The minimum absolute atomic E-state index is 0. The Morgan fingerprint density at radius 2 is 2.12 bits per heavy atom. The number of amides is 1. The number of halogens is 3. The normalized spacial score (nSPS) is 17.5. The number of carbonyl (C=O) groups is 1. The SMILES string of the molecule is CCNc1ccc(S(=O)(=O)C(F)F)cc1NC(=O)CC1COCCN1.Cl. The number of nitrogens with one attached hydrogen (secondary N) is 3. The molecule has 1 aromatic carbocycles. The molecule has 0 spiro atoms. The summed E-state index contributed by atoms with van der Waals surface area (Å²) in [5, 5.41) is 8.67. The van der Waals surface area contributed by atoms with Crippen LogP contribution in [0.1, 0.15) is 13.3 Å². The molecular weight excluding hydrogens is 392 g/mol. The number of anilines is 2. The van der Waals surface area contributed by atoms with Gasteiger partial charge in [0.1, 0.15) is 0 Å². The molecule has 3 N–H and O–H groups in total. The fraction of sp³-hybridized carbons (Fsp3) is 0.533. The summed E-state index contributed by atoms with van der Waals surface area (Å²) in [6, 6.07) is 3.34. The van der Waals surface area contributed by atoms with Crippen LogP contribution in [0.3, 0.4) is 0 Å². The summed E-state index contributed by atoms with van der Waals surface area (Å²) < 4.78 is 54.0. The zero-order valence-electron chi connectivity index (χ0n) is 14.1. The van der Waals surface area contributed by atoms with Crippen molar-refractivity contribution in [3.05, 3.63) is 18.2 Å². The summed E-state index contributed by atoms with van der Waals surface area (Å²) in [5.41, 5.74) is 0.599. The molecule has 1 aliphatic heterocycles. The standard InChI is InChI=1S/C15H21F2N3O4S.ClH/c1-2-18-12-4-3-11(25(22,23)15(16)17)8-13(12)20-14(21)7-10-9-24-6-5-19-10;/h3-4,8,10,15,18-19H,2,5-7,9H2,1H3,(H,20,21);1H. The van der Waals surface area contributed by atoms with Crippen LogP contribution >= 0.6 is 12.4 Å². The largest absolute Gasteiger partial charge is 0.384 e. The molecule has 0 aliphatic carbocycles. The van der Waals surface area contributed by atoms with Crippen molar-refractivity contribution in [2.24, 2.45) is 0 Å². The van der Waals surface area contributed by atoms with Crippen molar-refractivity contribution in [3.8, 4) is 0 Å². The monoisotopic (exact) mass is 413 g/mol. The van der Waals surface area contributed by atoms with Crippen molar-refractivity contribution in [3.63, 3.8) is 0 Å². The maximum Gasteiger partial charge on any atom is 0.341 e. The Morgan fingerprint density at radius 1 is 1.38 bits per heavy atom. The van der Waals surface area contributed by atoms with Crippen LogP contribution in [0.25, 0.3) is 0 Å². The third kappa shape index (κ3) is 5.76. The topological polar surface area (TPSA) is 96.5 Å². The fourth-order valence-corrected chi connectivity index (χ4v) is 3.17. The number of alkyl halides is 2. The van der Waals surface area contributed by atoms with E-state index in [1.165, 1.54) is 6.07 Å². The van der Waals surface area contributed by atoms with E-state index in [1.54, 1.807) is 0 Å². The van der Waals surface area contributed by atoms with Crippen molar-refractivity contribution in [2.75, 3.05) is 36.9 Å². The lowest BCUT2D eigenvalue weighted by molar-refractivity contribution is -0.117. The number of hydrogen-bond acceptors (Lipinski definition) is 6. The van der Waals surface area contributed by atoms with Crippen LogP contribution in [-0.2, 0) is 19.4 Å². The molecule has 0 aromatic heterocycles. The van der Waals surface area contributed by atoms with Gasteiger partial charge in [0.15, 0.2) is 0 Å². The summed E-state index contributed by atoms with van der Waals surface area (Å²) in [5.74, 6) is -3.89. The van der Waals surface area contributed by atoms with E-state index in [-0.39, 0.29) is 36.5 Å². The average molecular weight is 414 g/mol. The molecule has 0 bridgehead atoms. The highest BCUT2D eigenvalue weighted by atomic mass is 35.5. The quantitative estimate of drug-likeness (QED) is 0.631. The van der Waals surface area contributed by atoms with E-state index in [1.807, 2.05) is 6.92 Å². The lowest BCUT2D eigenvalue weighted by atomic mass is 10.2. The highest BCUT2D eigenvalue weighted by Crippen LogP contribution is 2.28. The Kier molecular flexibility index (Phi) is 8.68. The minimum Gasteiger partial charge on any atom is -0.384 e. The highest BCUT2D eigenvalue weighted by Gasteiger charge is 2.27. The van der Waals surface area contributed by atoms with E-state index in [4.69, 9.17) is 4.74 Å². The van der Waals surface area contributed by atoms with Gasteiger partial charge < -0.3 is 20.7 Å². The van der Waals surface area contributed by atoms with Crippen LogP contribution in [0.5, 0.6) is 0 Å². The van der Waals surface area contributed by atoms with Crippen molar-refractivity contribution in [1.82, 2.24) is 5.32 Å². The smallest absolute Gasteiger partial charge is 0.341 e. The second-order valence-corrected chi connectivity index (χ2v) is 7.44. The second-order valence-electron chi connectivity index (χ2n) is 5.52. The number of morpholine rings is 1. The number of carbonyl (C=O) groups excluding carboxylic acids is 1. The summed E-state index contributed by atoms with van der Waals surface area (Å²) in [4.78, 5) is 11.7. The third-order valence-corrected chi connectivity index (χ3v) is 5.01. The summed E-state index contributed by atoms with van der Waals surface area (Å²) in [6.45, 7) is 3.95. The van der Waals surface area contributed by atoms with Crippen LogP contribution in [0, 0.1) is 0 Å². The molecule has 1 unspecified atom stereocenters. The Bertz CT molecular complexity index is 713. The van der Waals surface area contributed by atoms with E-state index < -0.39 is 20.5 Å². The molecule has 11 heteroatoms. The average Bonchev–Trinajstić information content (AvgIpc) is 2.57. The predicted octanol–water partition coefficient (Wildman–Crippen LogP) is 1.85. The molecule has 1 aliphatic rings. The number of sulfone groups is 1. The lowest BCUT2D eigenvalue weighted by Gasteiger charge is -2.23. The summed E-state index contributed by atoms with van der Waals surface area (Å²) in [7, 11) is -4.74. The number of hydrogen-bond donors (Lipinski definition) is 3. The molecule has 1 saturated heterocycles. The zero-order chi connectivity index (χ0) is 18.4. The molecule has 26 heavy (non-hydrogen) atoms. The maximum absolute atomic E-state index is 12.7. The minimum atomic E-state index is -4.74. The van der Waals surface area contributed by atoms with Gasteiger partial charge in [-0.25, -0.2) is 8.42 Å². The second kappa shape index (κ2) is 10.0. The van der Waals surface area contributed by atoms with Crippen molar-refractivity contribution in [2.45, 2.75) is 30.0 Å². The van der Waals surface area contributed by atoms with Crippen LogP contribution in [0.4, 0.5) is 20.2 Å². The molecular formula is C15H22ClF2N3O4S. The van der Waals surface area contributed by atoms with Gasteiger partial charge in [-0.3, -0.25) is 4.79 Å². The Labute approximate surface area is 157 Å². The van der Waals surface area contributed by atoms with E-state index in [2.05, 4.69) is 16.0 Å². The van der Waals surface area contributed by atoms with E-state index in [9.17, 15) is 22.0 Å². The first kappa shape index (κ1) is 22.6. The number of rotatable bonds is 7.